The van der Waals surface area contributed by atoms with Crippen molar-refractivity contribution in [3.63, 3.8) is 0 Å². The Balaban J connectivity index is 1.52. The Labute approximate surface area is 170 Å². The third-order valence-electron chi connectivity index (χ3n) is 4.67. The van der Waals surface area contributed by atoms with Crippen LogP contribution < -0.4 is 10.9 Å². The first kappa shape index (κ1) is 20.5. The van der Waals surface area contributed by atoms with E-state index in [1.807, 2.05) is 24.3 Å². The Morgan fingerprint density at radius 1 is 1.00 bits per heavy atom. The third kappa shape index (κ3) is 6.10. The van der Waals surface area contributed by atoms with Gasteiger partial charge in [-0.25, -0.2) is 4.68 Å². The lowest BCUT2D eigenvalue weighted by atomic mass is 10.1. The quantitative estimate of drug-likeness (QED) is 0.598. The zero-order chi connectivity index (χ0) is 20.5. The number of amides is 1. The fourth-order valence-electron chi connectivity index (χ4n) is 3.03. The zero-order valence-electron chi connectivity index (χ0n) is 16.7. The first-order valence-corrected chi connectivity index (χ1v) is 10.0. The average molecular weight is 390 g/mol. The van der Waals surface area contributed by atoms with Crippen LogP contribution in [0.4, 0.5) is 5.69 Å². The molecular formula is C23H26N4O2. The maximum Gasteiger partial charge on any atom is 0.266 e. The van der Waals surface area contributed by atoms with Crippen molar-refractivity contribution in [1.29, 1.82) is 0 Å². The van der Waals surface area contributed by atoms with Crippen LogP contribution in [0.3, 0.4) is 0 Å². The Kier molecular flexibility index (Phi) is 7.28. The number of unbranched alkanes of at least 4 members (excludes halogenated alkanes) is 1. The number of nitrogens with zero attached hydrogens (tertiary/aromatic N) is 3. The molecule has 0 saturated carbocycles. The number of anilines is 1. The van der Waals surface area contributed by atoms with Crippen molar-refractivity contribution in [3.8, 4) is 11.3 Å². The normalized spacial score (nSPS) is 10.7. The lowest BCUT2D eigenvalue weighted by Crippen LogP contribution is -2.23. The molecule has 1 aromatic carbocycles. The van der Waals surface area contributed by atoms with Crippen molar-refractivity contribution < 1.29 is 4.79 Å². The lowest BCUT2D eigenvalue weighted by molar-refractivity contribution is -0.116. The summed E-state index contributed by atoms with van der Waals surface area (Å²) in [5.41, 5.74) is 3.51. The molecule has 0 radical (unpaired) electrons. The summed E-state index contributed by atoms with van der Waals surface area (Å²) in [5.74, 6) is -0.0651. The second kappa shape index (κ2) is 10.3. The Bertz CT molecular complexity index is 982. The van der Waals surface area contributed by atoms with Crippen molar-refractivity contribution in [3.05, 3.63) is 76.8 Å². The molecule has 2 heterocycles. The van der Waals surface area contributed by atoms with Crippen LogP contribution in [0.2, 0.25) is 0 Å². The maximum absolute atomic E-state index is 12.2. The number of nitrogens with one attached hydrogen (secondary N) is 1. The lowest BCUT2D eigenvalue weighted by Gasteiger charge is -2.08. The van der Waals surface area contributed by atoms with Crippen LogP contribution in [0.5, 0.6) is 0 Å². The Hall–Kier alpha value is -3.28. The van der Waals surface area contributed by atoms with Gasteiger partial charge in [0.15, 0.2) is 0 Å². The average Bonchev–Trinajstić information content (AvgIpc) is 2.75. The highest BCUT2D eigenvalue weighted by Gasteiger charge is 2.06. The van der Waals surface area contributed by atoms with Gasteiger partial charge in [0, 0.05) is 42.7 Å². The highest BCUT2D eigenvalue weighted by molar-refractivity contribution is 5.90. The molecule has 3 aromatic rings. The largest absolute Gasteiger partial charge is 0.326 e. The number of benzene rings is 1. The number of carbonyl (C=O) groups is 1. The first-order valence-electron chi connectivity index (χ1n) is 10.0. The second-order valence-corrected chi connectivity index (χ2v) is 6.97. The zero-order valence-corrected chi connectivity index (χ0v) is 16.7. The van der Waals surface area contributed by atoms with Gasteiger partial charge in [-0.05, 0) is 55.2 Å². The molecule has 0 atom stereocenters. The molecule has 150 valence electrons. The molecule has 0 fully saturated rings. The number of carbonyl (C=O) groups excluding carboxylic acids is 1. The van der Waals surface area contributed by atoms with E-state index in [0.717, 1.165) is 17.7 Å². The molecule has 6 heteroatoms. The van der Waals surface area contributed by atoms with E-state index in [-0.39, 0.29) is 11.5 Å². The van der Waals surface area contributed by atoms with Crippen LogP contribution in [0.15, 0.2) is 65.7 Å². The molecule has 2 aromatic heterocycles. The summed E-state index contributed by atoms with van der Waals surface area (Å²) in [7, 11) is 0. The minimum Gasteiger partial charge on any atom is -0.326 e. The summed E-state index contributed by atoms with van der Waals surface area (Å²) in [6.07, 6.45) is 7.63. The predicted octanol–water partition coefficient (Wildman–Crippen LogP) is 4.07. The monoisotopic (exact) mass is 390 g/mol. The maximum atomic E-state index is 12.2. The van der Waals surface area contributed by atoms with E-state index in [4.69, 9.17) is 0 Å². The van der Waals surface area contributed by atoms with Gasteiger partial charge in [-0.2, -0.15) is 5.10 Å². The number of hydrogen-bond acceptors (Lipinski definition) is 4. The number of aromatic nitrogens is 3. The summed E-state index contributed by atoms with van der Waals surface area (Å²) < 4.78 is 1.41. The van der Waals surface area contributed by atoms with Gasteiger partial charge in [0.1, 0.15) is 0 Å². The van der Waals surface area contributed by atoms with E-state index in [2.05, 4.69) is 34.5 Å². The molecule has 0 saturated heterocycles. The number of pyridine rings is 1. The van der Waals surface area contributed by atoms with Gasteiger partial charge in [0.25, 0.3) is 5.56 Å². The van der Waals surface area contributed by atoms with Gasteiger partial charge in [-0.3, -0.25) is 14.6 Å². The van der Waals surface area contributed by atoms with Gasteiger partial charge in [0.2, 0.25) is 5.91 Å². The molecule has 3 rings (SSSR count). The van der Waals surface area contributed by atoms with Crippen molar-refractivity contribution >= 4 is 11.6 Å². The van der Waals surface area contributed by atoms with Crippen LogP contribution in [0, 0.1) is 0 Å². The van der Waals surface area contributed by atoms with Gasteiger partial charge >= 0.3 is 0 Å². The van der Waals surface area contributed by atoms with Crippen LogP contribution in [-0.4, -0.2) is 20.7 Å². The number of aryl methyl sites for hydroxylation is 2. The van der Waals surface area contributed by atoms with E-state index >= 15 is 0 Å². The van der Waals surface area contributed by atoms with E-state index in [9.17, 15) is 9.59 Å². The highest BCUT2D eigenvalue weighted by atomic mass is 16.1. The first-order chi connectivity index (χ1) is 14.2. The standard InChI is InChI=1S/C23H26N4O2/c1-2-3-5-18-7-9-20(10-8-18)25-22(28)6-4-17-27-23(29)12-11-21(26-27)19-13-15-24-16-14-19/h7-16H,2-6,17H2,1H3,(H,25,28). The molecule has 0 aliphatic carbocycles. The minimum atomic E-state index is -0.175. The SMILES string of the molecule is CCCCc1ccc(NC(=O)CCCn2nc(-c3ccncc3)ccc2=O)cc1. The molecule has 1 amide bonds. The third-order valence-corrected chi connectivity index (χ3v) is 4.67. The van der Waals surface area contributed by atoms with E-state index < -0.39 is 0 Å². The van der Waals surface area contributed by atoms with Gasteiger partial charge < -0.3 is 5.32 Å². The molecule has 29 heavy (non-hydrogen) atoms. The second-order valence-electron chi connectivity index (χ2n) is 6.97. The number of rotatable bonds is 9. The van der Waals surface area contributed by atoms with Crippen LogP contribution in [0.25, 0.3) is 11.3 Å². The van der Waals surface area contributed by atoms with Crippen LogP contribution >= 0.6 is 0 Å². The van der Waals surface area contributed by atoms with Gasteiger partial charge in [0.05, 0.1) is 5.69 Å². The summed E-state index contributed by atoms with van der Waals surface area (Å²) in [6, 6.07) is 14.9. The summed E-state index contributed by atoms with van der Waals surface area (Å²) in [4.78, 5) is 28.3. The van der Waals surface area contributed by atoms with Crippen molar-refractivity contribution in [2.24, 2.45) is 0 Å². The minimum absolute atomic E-state index is 0.0651. The smallest absolute Gasteiger partial charge is 0.266 e. The van der Waals surface area contributed by atoms with Crippen LogP contribution in [-0.2, 0) is 17.8 Å². The molecule has 0 spiro atoms. The molecule has 1 N–H and O–H groups in total. The Morgan fingerprint density at radius 3 is 2.48 bits per heavy atom. The molecule has 0 unspecified atom stereocenters. The van der Waals surface area contributed by atoms with Gasteiger partial charge in [-0.1, -0.05) is 25.5 Å². The number of hydrogen-bond donors (Lipinski definition) is 1. The van der Waals surface area contributed by atoms with Crippen molar-refractivity contribution in [2.45, 2.75) is 45.6 Å². The van der Waals surface area contributed by atoms with Crippen LogP contribution in [0.1, 0.15) is 38.2 Å². The summed E-state index contributed by atoms with van der Waals surface area (Å²) in [5, 5.41) is 7.31. The molecule has 6 nitrogen and oxygen atoms in total. The van der Waals surface area contributed by atoms with Gasteiger partial charge in [-0.15, -0.1) is 0 Å². The van der Waals surface area contributed by atoms with Crippen molar-refractivity contribution in [1.82, 2.24) is 14.8 Å². The molecule has 0 bridgehead atoms. The fraction of sp³-hybridized carbons (Fsp3) is 0.304. The topological polar surface area (TPSA) is 76.9 Å². The fourth-order valence-corrected chi connectivity index (χ4v) is 3.03. The molecular weight excluding hydrogens is 364 g/mol. The highest BCUT2D eigenvalue weighted by Crippen LogP contribution is 2.14. The van der Waals surface area contributed by atoms with Crippen molar-refractivity contribution in [2.75, 3.05) is 5.32 Å². The van der Waals surface area contributed by atoms with E-state index in [0.29, 0.717) is 25.1 Å². The summed E-state index contributed by atoms with van der Waals surface area (Å²) in [6.45, 7) is 2.56. The Morgan fingerprint density at radius 2 is 1.76 bits per heavy atom. The molecule has 0 aliphatic rings. The summed E-state index contributed by atoms with van der Waals surface area (Å²) >= 11 is 0. The predicted molar refractivity (Wildman–Crippen MR) is 115 cm³/mol. The van der Waals surface area contributed by atoms with E-state index in [1.54, 1.807) is 18.5 Å². The molecule has 0 aliphatic heterocycles. The van der Waals surface area contributed by atoms with E-state index in [1.165, 1.54) is 29.2 Å².